The SMILES string of the molecule is NC1CC2CCCC(C1)N2C1CCC(=O)NC1=O. The second kappa shape index (κ2) is 4.63. The Hall–Kier alpha value is -0.940. The summed E-state index contributed by atoms with van der Waals surface area (Å²) in [6.07, 6.45) is 6.66. The summed E-state index contributed by atoms with van der Waals surface area (Å²) >= 11 is 0. The Morgan fingerprint density at radius 1 is 1.11 bits per heavy atom. The van der Waals surface area contributed by atoms with Gasteiger partial charge in [0.1, 0.15) is 0 Å². The van der Waals surface area contributed by atoms with E-state index >= 15 is 0 Å². The zero-order valence-electron chi connectivity index (χ0n) is 10.6. The number of imide groups is 1. The van der Waals surface area contributed by atoms with E-state index in [-0.39, 0.29) is 23.9 Å². The van der Waals surface area contributed by atoms with Crippen LogP contribution in [0.4, 0.5) is 0 Å². The molecule has 5 nitrogen and oxygen atoms in total. The predicted octanol–water partition coefficient (Wildman–Crippen LogP) is 0.136. The molecule has 0 aliphatic carbocycles. The van der Waals surface area contributed by atoms with Crippen LogP contribution < -0.4 is 11.1 Å². The Morgan fingerprint density at radius 2 is 1.78 bits per heavy atom. The van der Waals surface area contributed by atoms with Gasteiger partial charge in [-0.2, -0.15) is 0 Å². The fraction of sp³-hybridized carbons (Fsp3) is 0.846. The Balaban J connectivity index is 1.78. The number of nitrogens with two attached hydrogens (primary N) is 1. The van der Waals surface area contributed by atoms with E-state index in [0.29, 0.717) is 24.9 Å². The van der Waals surface area contributed by atoms with Crippen molar-refractivity contribution in [3.05, 3.63) is 0 Å². The molecule has 0 aromatic carbocycles. The zero-order chi connectivity index (χ0) is 12.7. The van der Waals surface area contributed by atoms with Crippen LogP contribution in [-0.2, 0) is 9.59 Å². The maximum absolute atomic E-state index is 12.0. The maximum Gasteiger partial charge on any atom is 0.243 e. The number of hydrogen-bond donors (Lipinski definition) is 2. The molecule has 3 N–H and O–H groups in total. The molecule has 0 aromatic heterocycles. The molecule has 100 valence electrons. The van der Waals surface area contributed by atoms with Crippen LogP contribution in [0.25, 0.3) is 0 Å². The minimum Gasteiger partial charge on any atom is -0.328 e. The highest BCUT2D eigenvalue weighted by Crippen LogP contribution is 2.36. The molecule has 2 bridgehead atoms. The van der Waals surface area contributed by atoms with Crippen LogP contribution in [0, 0.1) is 0 Å². The van der Waals surface area contributed by atoms with Crippen LogP contribution in [0.5, 0.6) is 0 Å². The summed E-state index contributed by atoms with van der Waals surface area (Å²) < 4.78 is 0. The van der Waals surface area contributed by atoms with Crippen LogP contribution >= 0.6 is 0 Å². The number of rotatable bonds is 1. The van der Waals surface area contributed by atoms with Gasteiger partial charge in [0, 0.05) is 24.5 Å². The molecular weight excluding hydrogens is 230 g/mol. The molecule has 2 amide bonds. The van der Waals surface area contributed by atoms with Gasteiger partial charge in [-0.25, -0.2) is 0 Å². The molecule has 0 spiro atoms. The summed E-state index contributed by atoms with van der Waals surface area (Å²) in [6.45, 7) is 0. The molecule has 0 aromatic rings. The number of amides is 2. The molecule has 3 fully saturated rings. The largest absolute Gasteiger partial charge is 0.328 e. The van der Waals surface area contributed by atoms with Crippen LogP contribution in [0.1, 0.15) is 44.9 Å². The van der Waals surface area contributed by atoms with Gasteiger partial charge < -0.3 is 5.73 Å². The van der Waals surface area contributed by atoms with Gasteiger partial charge in [-0.3, -0.25) is 19.8 Å². The minimum absolute atomic E-state index is 0.0985. The first-order valence-electron chi connectivity index (χ1n) is 7.02. The summed E-state index contributed by atoms with van der Waals surface area (Å²) in [4.78, 5) is 25.6. The summed E-state index contributed by atoms with van der Waals surface area (Å²) in [7, 11) is 0. The van der Waals surface area contributed by atoms with Crippen molar-refractivity contribution in [1.82, 2.24) is 10.2 Å². The molecule has 0 saturated carbocycles. The highest BCUT2D eigenvalue weighted by Gasteiger charge is 2.44. The molecule has 3 atom stereocenters. The Morgan fingerprint density at radius 3 is 2.39 bits per heavy atom. The van der Waals surface area contributed by atoms with Crippen molar-refractivity contribution in [2.45, 2.75) is 69.1 Å². The Bertz CT molecular complexity index is 357. The van der Waals surface area contributed by atoms with Crippen LogP contribution in [-0.4, -0.2) is 40.9 Å². The highest BCUT2D eigenvalue weighted by molar-refractivity contribution is 6.00. The van der Waals surface area contributed by atoms with E-state index in [2.05, 4.69) is 10.2 Å². The second-order valence-corrected chi connectivity index (χ2v) is 5.88. The van der Waals surface area contributed by atoms with Crippen molar-refractivity contribution in [3.63, 3.8) is 0 Å². The van der Waals surface area contributed by atoms with E-state index < -0.39 is 0 Å². The normalized spacial score (nSPS) is 41.6. The smallest absolute Gasteiger partial charge is 0.243 e. The summed E-state index contributed by atoms with van der Waals surface area (Å²) in [6, 6.07) is 1.06. The lowest BCUT2D eigenvalue weighted by molar-refractivity contribution is -0.141. The van der Waals surface area contributed by atoms with Gasteiger partial charge in [-0.05, 0) is 32.1 Å². The molecule has 3 saturated heterocycles. The molecule has 0 radical (unpaired) electrons. The number of carbonyl (C=O) groups excluding carboxylic acids is 2. The van der Waals surface area contributed by atoms with Crippen molar-refractivity contribution in [1.29, 1.82) is 0 Å². The maximum atomic E-state index is 12.0. The minimum atomic E-state index is -0.130. The molecule has 3 aliphatic rings. The zero-order valence-corrected chi connectivity index (χ0v) is 10.6. The van der Waals surface area contributed by atoms with E-state index in [1.165, 1.54) is 6.42 Å². The Kier molecular flexibility index (Phi) is 3.11. The van der Waals surface area contributed by atoms with Crippen LogP contribution in [0.3, 0.4) is 0 Å². The van der Waals surface area contributed by atoms with Crippen molar-refractivity contribution >= 4 is 11.8 Å². The number of carbonyl (C=O) groups is 2. The quantitative estimate of drug-likeness (QED) is 0.650. The standard InChI is InChI=1S/C13H21N3O2/c14-8-6-9-2-1-3-10(7-8)16(9)11-4-5-12(17)15-13(11)18/h8-11H,1-7,14H2,(H,15,17,18). The van der Waals surface area contributed by atoms with Gasteiger partial charge >= 0.3 is 0 Å². The Labute approximate surface area is 107 Å². The van der Waals surface area contributed by atoms with Crippen molar-refractivity contribution < 1.29 is 9.59 Å². The third-order valence-corrected chi connectivity index (χ3v) is 4.64. The van der Waals surface area contributed by atoms with E-state index in [4.69, 9.17) is 5.73 Å². The third-order valence-electron chi connectivity index (χ3n) is 4.64. The van der Waals surface area contributed by atoms with Crippen molar-refractivity contribution in [2.24, 2.45) is 5.73 Å². The van der Waals surface area contributed by atoms with Crippen molar-refractivity contribution in [3.8, 4) is 0 Å². The van der Waals surface area contributed by atoms with Gasteiger partial charge in [0.15, 0.2) is 0 Å². The van der Waals surface area contributed by atoms with Gasteiger partial charge in [0.25, 0.3) is 0 Å². The summed E-state index contributed by atoms with van der Waals surface area (Å²) in [5.74, 6) is -0.228. The second-order valence-electron chi connectivity index (χ2n) is 5.88. The first kappa shape index (κ1) is 12.1. The predicted molar refractivity (Wildman–Crippen MR) is 66.6 cm³/mol. The number of hydrogen-bond acceptors (Lipinski definition) is 4. The topological polar surface area (TPSA) is 75.4 Å². The third kappa shape index (κ3) is 2.06. The number of piperidine rings is 3. The molecule has 5 heteroatoms. The highest BCUT2D eigenvalue weighted by atomic mass is 16.2. The molecular formula is C13H21N3O2. The summed E-state index contributed by atoms with van der Waals surface area (Å²) in [5, 5.41) is 2.48. The molecule has 3 unspecified atom stereocenters. The lowest BCUT2D eigenvalue weighted by atomic mass is 9.80. The lowest BCUT2D eigenvalue weighted by Gasteiger charge is -2.51. The van der Waals surface area contributed by atoms with E-state index in [0.717, 1.165) is 25.7 Å². The average molecular weight is 251 g/mol. The fourth-order valence-corrected chi connectivity index (χ4v) is 3.94. The van der Waals surface area contributed by atoms with E-state index in [1.54, 1.807) is 0 Å². The molecule has 3 aliphatic heterocycles. The number of nitrogens with one attached hydrogen (secondary N) is 1. The first-order chi connectivity index (χ1) is 8.65. The molecule has 3 heterocycles. The monoisotopic (exact) mass is 251 g/mol. The van der Waals surface area contributed by atoms with Crippen LogP contribution in [0.2, 0.25) is 0 Å². The van der Waals surface area contributed by atoms with Crippen LogP contribution in [0.15, 0.2) is 0 Å². The lowest BCUT2D eigenvalue weighted by Crippen LogP contribution is -2.63. The molecule has 3 rings (SSSR count). The van der Waals surface area contributed by atoms with E-state index in [1.807, 2.05) is 0 Å². The first-order valence-corrected chi connectivity index (χ1v) is 7.02. The van der Waals surface area contributed by atoms with Gasteiger partial charge in [0.2, 0.25) is 11.8 Å². The summed E-state index contributed by atoms with van der Waals surface area (Å²) in [5.41, 5.74) is 6.09. The van der Waals surface area contributed by atoms with E-state index in [9.17, 15) is 9.59 Å². The van der Waals surface area contributed by atoms with Gasteiger partial charge in [-0.1, -0.05) is 6.42 Å². The van der Waals surface area contributed by atoms with Gasteiger partial charge in [-0.15, -0.1) is 0 Å². The van der Waals surface area contributed by atoms with Gasteiger partial charge in [0.05, 0.1) is 6.04 Å². The average Bonchev–Trinajstić information content (AvgIpc) is 2.28. The number of fused-ring (bicyclic) bond motifs is 2. The number of nitrogens with zero attached hydrogens (tertiary/aromatic N) is 1. The fourth-order valence-electron chi connectivity index (χ4n) is 3.94. The molecule has 18 heavy (non-hydrogen) atoms. The van der Waals surface area contributed by atoms with Crippen molar-refractivity contribution in [2.75, 3.05) is 0 Å².